The van der Waals surface area contributed by atoms with E-state index in [1.165, 1.54) is 38.2 Å². The Morgan fingerprint density at radius 3 is 2.62 bits per heavy atom. The fraction of sp³-hybridized carbons (Fsp3) is 0.727. The zero-order valence-electron chi connectivity index (χ0n) is 8.34. The number of carbonyl (C=O) groups excluding carboxylic acids is 1. The second-order valence-electron chi connectivity index (χ2n) is 4.18. The molecule has 0 radical (unpaired) electrons. The van der Waals surface area contributed by atoms with Crippen molar-refractivity contribution in [2.24, 2.45) is 5.41 Å². The third kappa shape index (κ3) is 3.21. The number of rotatable bonds is 3. The van der Waals surface area contributed by atoms with Gasteiger partial charge in [-0.3, -0.25) is 0 Å². The van der Waals surface area contributed by atoms with Crippen LogP contribution in [0.5, 0.6) is 0 Å². The highest BCUT2D eigenvalue weighted by atomic mass is 16.5. The van der Waals surface area contributed by atoms with Gasteiger partial charge in [0.2, 0.25) is 0 Å². The van der Waals surface area contributed by atoms with Crippen molar-refractivity contribution in [1.29, 1.82) is 0 Å². The van der Waals surface area contributed by atoms with E-state index in [9.17, 15) is 4.79 Å². The number of ether oxygens (including phenoxy) is 1. The van der Waals surface area contributed by atoms with E-state index in [-0.39, 0.29) is 11.4 Å². The number of carbonyl (C=O) groups is 1. The van der Waals surface area contributed by atoms with E-state index >= 15 is 0 Å². The Kier molecular flexibility index (Phi) is 3.52. The minimum Gasteiger partial charge on any atom is -0.462 e. The molecule has 0 aromatic heterocycles. The molecule has 1 aliphatic rings. The molecule has 0 unspecified atom stereocenters. The summed E-state index contributed by atoms with van der Waals surface area (Å²) in [5, 5.41) is 0. The Morgan fingerprint density at radius 2 is 2.08 bits per heavy atom. The number of esters is 1. The lowest BCUT2D eigenvalue weighted by atomic mass is 9.76. The summed E-state index contributed by atoms with van der Waals surface area (Å²) in [6.45, 7) is 6.12. The molecule has 0 N–H and O–H groups in total. The van der Waals surface area contributed by atoms with Gasteiger partial charge in [-0.2, -0.15) is 0 Å². The topological polar surface area (TPSA) is 26.3 Å². The predicted molar refractivity (Wildman–Crippen MR) is 52.3 cm³/mol. The standard InChI is InChI=1S/C11H18O2/c1-3-10(12)13-9-11(2)7-5-4-6-8-11/h3H,1,4-9H2,2H3. The highest BCUT2D eigenvalue weighted by Crippen LogP contribution is 2.35. The predicted octanol–water partition coefficient (Wildman–Crippen LogP) is 2.69. The van der Waals surface area contributed by atoms with Gasteiger partial charge in [-0.05, 0) is 12.8 Å². The van der Waals surface area contributed by atoms with Crippen molar-refractivity contribution < 1.29 is 9.53 Å². The summed E-state index contributed by atoms with van der Waals surface area (Å²) in [5.74, 6) is -0.299. The summed E-state index contributed by atoms with van der Waals surface area (Å²) in [4.78, 5) is 10.9. The summed E-state index contributed by atoms with van der Waals surface area (Å²) in [6, 6.07) is 0. The van der Waals surface area contributed by atoms with Crippen molar-refractivity contribution in [3.05, 3.63) is 12.7 Å². The second-order valence-corrected chi connectivity index (χ2v) is 4.18. The molecule has 0 heterocycles. The molecule has 0 atom stereocenters. The monoisotopic (exact) mass is 182 g/mol. The molecular weight excluding hydrogens is 164 g/mol. The normalized spacial score (nSPS) is 20.7. The van der Waals surface area contributed by atoms with Gasteiger partial charge >= 0.3 is 5.97 Å². The lowest BCUT2D eigenvalue weighted by Crippen LogP contribution is -2.27. The molecule has 74 valence electrons. The molecule has 1 fully saturated rings. The van der Waals surface area contributed by atoms with Gasteiger partial charge in [0, 0.05) is 11.5 Å². The molecule has 1 aliphatic carbocycles. The van der Waals surface area contributed by atoms with Gasteiger partial charge in [0.15, 0.2) is 0 Å². The van der Waals surface area contributed by atoms with Crippen LogP contribution in [0.3, 0.4) is 0 Å². The highest BCUT2D eigenvalue weighted by molar-refractivity contribution is 5.81. The van der Waals surface area contributed by atoms with Gasteiger partial charge in [-0.1, -0.05) is 32.8 Å². The fourth-order valence-corrected chi connectivity index (χ4v) is 1.85. The van der Waals surface area contributed by atoms with Crippen LogP contribution in [-0.4, -0.2) is 12.6 Å². The third-order valence-corrected chi connectivity index (χ3v) is 2.79. The van der Waals surface area contributed by atoms with Crippen LogP contribution in [0.2, 0.25) is 0 Å². The van der Waals surface area contributed by atoms with Crippen molar-refractivity contribution in [2.45, 2.75) is 39.0 Å². The minimum atomic E-state index is -0.299. The first-order valence-corrected chi connectivity index (χ1v) is 4.95. The molecule has 1 rings (SSSR count). The van der Waals surface area contributed by atoms with Crippen molar-refractivity contribution in [3.8, 4) is 0 Å². The molecule has 0 aromatic carbocycles. The van der Waals surface area contributed by atoms with Crippen LogP contribution >= 0.6 is 0 Å². The van der Waals surface area contributed by atoms with Gasteiger partial charge in [-0.25, -0.2) is 4.79 Å². The Bertz CT molecular complexity index is 190. The van der Waals surface area contributed by atoms with E-state index in [0.29, 0.717) is 6.61 Å². The maximum Gasteiger partial charge on any atom is 0.330 e. The van der Waals surface area contributed by atoms with Gasteiger partial charge in [-0.15, -0.1) is 0 Å². The molecule has 2 nitrogen and oxygen atoms in total. The first-order valence-electron chi connectivity index (χ1n) is 4.95. The Balaban J connectivity index is 2.32. The highest BCUT2D eigenvalue weighted by Gasteiger charge is 2.27. The zero-order valence-corrected chi connectivity index (χ0v) is 8.34. The van der Waals surface area contributed by atoms with E-state index in [4.69, 9.17) is 4.74 Å². The maximum absolute atomic E-state index is 10.9. The van der Waals surface area contributed by atoms with Crippen molar-refractivity contribution in [2.75, 3.05) is 6.61 Å². The smallest absolute Gasteiger partial charge is 0.330 e. The van der Waals surface area contributed by atoms with Crippen LogP contribution < -0.4 is 0 Å². The average molecular weight is 182 g/mol. The minimum absolute atomic E-state index is 0.219. The van der Waals surface area contributed by atoms with E-state index in [0.717, 1.165) is 0 Å². The van der Waals surface area contributed by atoms with Crippen LogP contribution in [-0.2, 0) is 9.53 Å². The lowest BCUT2D eigenvalue weighted by molar-refractivity contribution is -0.141. The van der Waals surface area contributed by atoms with Crippen molar-refractivity contribution >= 4 is 5.97 Å². The Hall–Kier alpha value is -0.790. The summed E-state index contributed by atoms with van der Waals surface area (Å²) in [6.07, 6.45) is 7.44. The van der Waals surface area contributed by atoms with Crippen LogP contribution in [0.4, 0.5) is 0 Å². The summed E-state index contributed by atoms with van der Waals surface area (Å²) >= 11 is 0. The molecule has 1 saturated carbocycles. The third-order valence-electron chi connectivity index (χ3n) is 2.79. The van der Waals surface area contributed by atoms with Gasteiger partial charge in [0.25, 0.3) is 0 Å². The van der Waals surface area contributed by atoms with Gasteiger partial charge in [0.1, 0.15) is 0 Å². The Labute approximate surface area is 80.0 Å². The molecule has 13 heavy (non-hydrogen) atoms. The van der Waals surface area contributed by atoms with Crippen LogP contribution in [0.1, 0.15) is 39.0 Å². The summed E-state index contributed by atoms with van der Waals surface area (Å²) in [7, 11) is 0. The van der Waals surface area contributed by atoms with E-state index in [1.807, 2.05) is 0 Å². The lowest BCUT2D eigenvalue weighted by Gasteiger charge is -2.32. The first-order chi connectivity index (χ1) is 6.16. The second kappa shape index (κ2) is 4.45. The van der Waals surface area contributed by atoms with Gasteiger partial charge < -0.3 is 4.74 Å². The van der Waals surface area contributed by atoms with Gasteiger partial charge in [0.05, 0.1) is 6.61 Å². The van der Waals surface area contributed by atoms with Crippen LogP contribution in [0.25, 0.3) is 0 Å². The zero-order chi connectivity index (χ0) is 9.73. The molecule has 0 saturated heterocycles. The maximum atomic E-state index is 10.9. The van der Waals surface area contributed by atoms with Crippen LogP contribution in [0.15, 0.2) is 12.7 Å². The molecule has 0 bridgehead atoms. The van der Waals surface area contributed by atoms with E-state index in [2.05, 4.69) is 13.5 Å². The quantitative estimate of drug-likeness (QED) is 0.495. The van der Waals surface area contributed by atoms with E-state index < -0.39 is 0 Å². The van der Waals surface area contributed by atoms with Crippen molar-refractivity contribution in [3.63, 3.8) is 0 Å². The number of hydrogen-bond donors (Lipinski definition) is 0. The SMILES string of the molecule is C=CC(=O)OCC1(C)CCCCC1. The molecular formula is C11H18O2. The Morgan fingerprint density at radius 1 is 1.46 bits per heavy atom. The molecule has 0 aromatic rings. The van der Waals surface area contributed by atoms with Crippen molar-refractivity contribution in [1.82, 2.24) is 0 Å². The van der Waals surface area contributed by atoms with Crippen LogP contribution in [0, 0.1) is 5.41 Å². The molecule has 0 amide bonds. The average Bonchev–Trinajstić information content (AvgIpc) is 2.15. The molecule has 2 heteroatoms. The molecule has 0 aliphatic heterocycles. The summed E-state index contributed by atoms with van der Waals surface area (Å²) < 4.78 is 5.08. The first kappa shape index (κ1) is 10.3. The fourth-order valence-electron chi connectivity index (χ4n) is 1.85. The number of hydrogen-bond acceptors (Lipinski definition) is 2. The largest absolute Gasteiger partial charge is 0.462 e. The van der Waals surface area contributed by atoms with E-state index in [1.54, 1.807) is 0 Å². The molecule has 0 spiro atoms. The summed E-state index contributed by atoms with van der Waals surface area (Å²) in [5.41, 5.74) is 0.219.